The lowest BCUT2D eigenvalue weighted by Crippen LogP contribution is -2.32. The number of hydrogen-bond acceptors (Lipinski definition) is 4. The number of unbranched alkanes of at least 4 members (excludes halogenated alkanes) is 2. The van der Waals surface area contributed by atoms with Gasteiger partial charge in [0.2, 0.25) is 0 Å². The highest BCUT2D eigenvalue weighted by Gasteiger charge is 2.12. The topological polar surface area (TPSA) is 110 Å². The van der Waals surface area contributed by atoms with E-state index >= 15 is 0 Å². The number of carboxylic acids is 1. The van der Waals surface area contributed by atoms with Gasteiger partial charge in [-0.3, -0.25) is 0 Å². The second-order valence-electron chi connectivity index (χ2n) is 4.67. The first-order valence-corrected chi connectivity index (χ1v) is 6.65. The van der Waals surface area contributed by atoms with E-state index in [1.807, 2.05) is 0 Å². The van der Waals surface area contributed by atoms with E-state index in [9.17, 15) is 14.7 Å². The van der Waals surface area contributed by atoms with Gasteiger partial charge in [-0.15, -0.1) is 0 Å². The van der Waals surface area contributed by atoms with Gasteiger partial charge in [-0.2, -0.15) is 0 Å². The molecule has 0 aliphatic heterocycles. The van der Waals surface area contributed by atoms with Gasteiger partial charge < -0.3 is 25.5 Å². The summed E-state index contributed by atoms with van der Waals surface area (Å²) in [6.45, 7) is 0.691. The smallest absolute Gasteiger partial charge is 0.339 e. The van der Waals surface area contributed by atoms with Crippen LogP contribution in [0.1, 0.15) is 29.6 Å². The fourth-order valence-electron chi connectivity index (χ4n) is 1.75. The maximum Gasteiger partial charge on any atom is 0.339 e. The number of aliphatic hydroxyl groups excluding tert-OH is 1. The van der Waals surface area contributed by atoms with Crippen molar-refractivity contribution in [2.24, 2.45) is 0 Å². The SMILES string of the molecule is CN(CCCCCO)C(=O)Nc1ccc(C(=O)O)c(O)c1. The molecule has 0 saturated carbocycles. The molecule has 7 heteroatoms. The van der Waals surface area contributed by atoms with Crippen molar-refractivity contribution in [1.29, 1.82) is 0 Å². The zero-order chi connectivity index (χ0) is 15.8. The number of aromatic carboxylic acids is 1. The molecule has 21 heavy (non-hydrogen) atoms. The van der Waals surface area contributed by atoms with E-state index in [1.54, 1.807) is 7.05 Å². The largest absolute Gasteiger partial charge is 0.507 e. The monoisotopic (exact) mass is 296 g/mol. The average molecular weight is 296 g/mol. The van der Waals surface area contributed by atoms with Crippen LogP contribution in [-0.2, 0) is 0 Å². The lowest BCUT2D eigenvalue weighted by Gasteiger charge is -2.18. The van der Waals surface area contributed by atoms with Gasteiger partial charge in [-0.1, -0.05) is 0 Å². The highest BCUT2D eigenvalue weighted by Crippen LogP contribution is 2.22. The quantitative estimate of drug-likeness (QED) is 0.573. The van der Waals surface area contributed by atoms with Crippen LogP contribution in [0.15, 0.2) is 18.2 Å². The highest BCUT2D eigenvalue weighted by molar-refractivity contribution is 5.93. The number of urea groups is 1. The summed E-state index contributed by atoms with van der Waals surface area (Å²) in [5.41, 5.74) is 0.107. The number of carboxylic acid groups (broad SMARTS) is 1. The summed E-state index contributed by atoms with van der Waals surface area (Å²) in [6, 6.07) is 3.50. The van der Waals surface area contributed by atoms with Crippen LogP contribution in [0.3, 0.4) is 0 Å². The van der Waals surface area contributed by atoms with Gasteiger partial charge in [0, 0.05) is 32.0 Å². The Morgan fingerprint density at radius 1 is 1.24 bits per heavy atom. The van der Waals surface area contributed by atoms with E-state index in [0.717, 1.165) is 12.8 Å². The normalized spacial score (nSPS) is 10.2. The molecule has 0 spiro atoms. The molecule has 0 radical (unpaired) electrons. The van der Waals surface area contributed by atoms with Gasteiger partial charge >= 0.3 is 12.0 Å². The molecular formula is C14H20N2O5. The molecule has 2 amide bonds. The third kappa shape index (κ3) is 5.31. The third-order valence-corrected chi connectivity index (χ3v) is 2.98. The lowest BCUT2D eigenvalue weighted by molar-refractivity contribution is 0.0693. The van der Waals surface area contributed by atoms with Crippen LogP contribution in [0.25, 0.3) is 0 Å². The standard InChI is InChI=1S/C14H20N2O5/c1-16(7-3-2-4-8-17)14(21)15-10-5-6-11(13(19)20)12(18)9-10/h5-6,9,17-18H,2-4,7-8H2,1H3,(H,15,21)(H,19,20). The number of phenols is 1. The summed E-state index contributed by atoms with van der Waals surface area (Å²) in [7, 11) is 1.64. The number of aliphatic hydroxyl groups is 1. The van der Waals surface area contributed by atoms with Gasteiger partial charge in [-0.25, -0.2) is 9.59 Å². The van der Waals surface area contributed by atoms with Crippen LogP contribution in [-0.4, -0.2) is 52.4 Å². The number of carbonyl (C=O) groups excluding carboxylic acids is 1. The molecule has 1 aromatic carbocycles. The van der Waals surface area contributed by atoms with Crippen molar-refractivity contribution < 1.29 is 24.9 Å². The number of hydrogen-bond donors (Lipinski definition) is 4. The van der Waals surface area contributed by atoms with Gasteiger partial charge in [0.25, 0.3) is 0 Å². The second-order valence-corrected chi connectivity index (χ2v) is 4.67. The first kappa shape index (κ1) is 16.8. The Morgan fingerprint density at radius 2 is 1.95 bits per heavy atom. The Balaban J connectivity index is 2.54. The Morgan fingerprint density at radius 3 is 2.52 bits per heavy atom. The molecule has 7 nitrogen and oxygen atoms in total. The van der Waals surface area contributed by atoms with Gasteiger partial charge in [0.05, 0.1) is 0 Å². The third-order valence-electron chi connectivity index (χ3n) is 2.98. The maximum absolute atomic E-state index is 11.9. The Labute approximate surface area is 122 Å². The zero-order valence-corrected chi connectivity index (χ0v) is 11.9. The maximum atomic E-state index is 11.9. The first-order valence-electron chi connectivity index (χ1n) is 6.65. The minimum atomic E-state index is -1.23. The first-order chi connectivity index (χ1) is 9.95. The van der Waals surface area contributed by atoms with Crippen LogP contribution >= 0.6 is 0 Å². The number of nitrogens with one attached hydrogen (secondary N) is 1. The summed E-state index contributed by atoms with van der Waals surface area (Å²) in [6.07, 6.45) is 2.33. The molecule has 1 rings (SSSR count). The second kappa shape index (κ2) is 8.11. The van der Waals surface area contributed by atoms with Gasteiger partial charge in [0.1, 0.15) is 11.3 Å². The molecule has 0 fully saturated rings. The van der Waals surface area contributed by atoms with Crippen LogP contribution < -0.4 is 5.32 Å². The number of amides is 2. The van der Waals surface area contributed by atoms with Crippen LogP contribution in [0, 0.1) is 0 Å². The predicted molar refractivity (Wildman–Crippen MR) is 77.7 cm³/mol. The lowest BCUT2D eigenvalue weighted by atomic mass is 10.2. The summed E-state index contributed by atoms with van der Waals surface area (Å²) in [5, 5.41) is 29.6. The molecule has 0 saturated heterocycles. The van der Waals surface area contributed by atoms with Gasteiger partial charge in [-0.05, 0) is 31.4 Å². The van der Waals surface area contributed by atoms with Crippen molar-refractivity contribution in [3.05, 3.63) is 23.8 Å². The highest BCUT2D eigenvalue weighted by atomic mass is 16.4. The molecule has 0 aliphatic carbocycles. The molecule has 4 N–H and O–H groups in total. The fourth-order valence-corrected chi connectivity index (χ4v) is 1.75. The number of rotatable bonds is 7. The van der Waals surface area contributed by atoms with Crippen LogP contribution in [0.2, 0.25) is 0 Å². The minimum Gasteiger partial charge on any atom is -0.507 e. The summed E-state index contributed by atoms with van der Waals surface area (Å²) in [5.74, 6) is -1.63. The number of anilines is 1. The number of carbonyl (C=O) groups is 2. The molecule has 0 bridgehead atoms. The average Bonchev–Trinajstić information content (AvgIpc) is 2.43. The molecule has 0 aliphatic rings. The molecule has 0 aromatic heterocycles. The number of benzene rings is 1. The van der Waals surface area contributed by atoms with Crippen molar-refractivity contribution >= 4 is 17.7 Å². The molecular weight excluding hydrogens is 276 g/mol. The predicted octanol–water partition coefficient (Wildman–Crippen LogP) is 1.72. The van der Waals surface area contributed by atoms with Crippen molar-refractivity contribution in [2.75, 3.05) is 25.5 Å². The van der Waals surface area contributed by atoms with E-state index in [1.165, 1.54) is 23.1 Å². The zero-order valence-electron chi connectivity index (χ0n) is 11.9. The molecule has 0 atom stereocenters. The van der Waals surface area contributed by atoms with Crippen molar-refractivity contribution in [2.45, 2.75) is 19.3 Å². The minimum absolute atomic E-state index is 0.144. The number of aromatic hydroxyl groups is 1. The van der Waals surface area contributed by atoms with E-state index in [-0.39, 0.29) is 18.2 Å². The van der Waals surface area contributed by atoms with Gasteiger partial charge in [0.15, 0.2) is 0 Å². The fraction of sp³-hybridized carbons (Fsp3) is 0.429. The Bertz CT molecular complexity index is 504. The molecule has 1 aromatic rings. The Hall–Kier alpha value is -2.28. The van der Waals surface area contributed by atoms with Crippen LogP contribution in [0.5, 0.6) is 5.75 Å². The summed E-state index contributed by atoms with van der Waals surface area (Å²) < 4.78 is 0. The van der Waals surface area contributed by atoms with E-state index < -0.39 is 11.7 Å². The molecule has 0 heterocycles. The van der Waals surface area contributed by atoms with Crippen molar-refractivity contribution in [3.8, 4) is 5.75 Å². The van der Waals surface area contributed by atoms with E-state index in [2.05, 4.69) is 5.32 Å². The van der Waals surface area contributed by atoms with Crippen molar-refractivity contribution in [3.63, 3.8) is 0 Å². The Kier molecular flexibility index (Phi) is 6.48. The summed E-state index contributed by atoms with van der Waals surface area (Å²) in [4.78, 5) is 24.1. The van der Waals surface area contributed by atoms with E-state index in [4.69, 9.17) is 10.2 Å². The van der Waals surface area contributed by atoms with E-state index in [0.29, 0.717) is 18.7 Å². The number of nitrogens with zero attached hydrogens (tertiary/aromatic N) is 1. The summed E-state index contributed by atoms with van der Waals surface area (Å²) >= 11 is 0. The molecule has 0 unspecified atom stereocenters. The van der Waals surface area contributed by atoms with Crippen molar-refractivity contribution in [1.82, 2.24) is 4.90 Å². The van der Waals surface area contributed by atoms with Crippen LogP contribution in [0.4, 0.5) is 10.5 Å². The molecule has 116 valence electrons.